The van der Waals surface area contributed by atoms with Crippen molar-refractivity contribution in [2.45, 2.75) is 47.0 Å². The van der Waals surface area contributed by atoms with E-state index in [0.29, 0.717) is 5.92 Å². The van der Waals surface area contributed by atoms with Gasteiger partial charge >= 0.3 is 0 Å². The molecule has 0 rings (SSSR count). The molecule has 0 radical (unpaired) electrons. The average molecular weight is 199 g/mol. The van der Waals surface area contributed by atoms with Crippen LogP contribution in [-0.2, 0) is 4.79 Å². The Morgan fingerprint density at radius 3 is 2.29 bits per heavy atom. The lowest BCUT2D eigenvalue weighted by molar-refractivity contribution is -0.109. The molecule has 0 aromatic heterocycles. The Hall–Kier alpha value is -0.530. The van der Waals surface area contributed by atoms with Gasteiger partial charge in [-0.3, -0.25) is 4.79 Å². The maximum atomic E-state index is 10.2. The van der Waals surface area contributed by atoms with Gasteiger partial charge in [0.1, 0.15) is 0 Å². The van der Waals surface area contributed by atoms with E-state index in [1.54, 1.807) is 0 Å². The molecule has 0 aliphatic heterocycles. The van der Waals surface area contributed by atoms with Crippen LogP contribution >= 0.6 is 0 Å². The Balaban J connectivity index is 3.73. The number of nitrogens with one attached hydrogen (secondary N) is 1. The minimum atomic E-state index is 0.647. The number of carbonyl (C=O) groups is 1. The summed E-state index contributed by atoms with van der Waals surface area (Å²) in [6.07, 6.45) is 4.48. The van der Waals surface area contributed by atoms with Crippen molar-refractivity contribution in [3.63, 3.8) is 0 Å². The summed E-state index contributed by atoms with van der Waals surface area (Å²) in [7, 11) is 0. The van der Waals surface area contributed by atoms with Gasteiger partial charge in [-0.05, 0) is 30.6 Å². The van der Waals surface area contributed by atoms with Crippen molar-refractivity contribution in [2.24, 2.45) is 17.8 Å². The zero-order valence-electron chi connectivity index (χ0n) is 10.0. The predicted octanol–water partition coefficient (Wildman–Crippen LogP) is 2.83. The van der Waals surface area contributed by atoms with Crippen molar-refractivity contribution in [3.8, 4) is 0 Å². The Bertz CT molecular complexity index is 145. The standard InChI is InChI=1S/C12H25NO/c1-5-12(8-13-9-14)7-11(4)6-10(2)3/h9-12H,5-8H2,1-4H3,(H,13,14). The molecule has 2 atom stereocenters. The Labute approximate surface area is 88.5 Å². The molecule has 1 amide bonds. The molecule has 0 fully saturated rings. The minimum Gasteiger partial charge on any atom is -0.358 e. The van der Waals surface area contributed by atoms with Crippen molar-refractivity contribution >= 4 is 6.41 Å². The highest BCUT2D eigenvalue weighted by atomic mass is 16.1. The molecule has 2 unspecified atom stereocenters. The third kappa shape index (κ3) is 6.93. The molecule has 1 N–H and O–H groups in total. The third-order valence-electron chi connectivity index (χ3n) is 2.68. The molecule has 0 aromatic rings. The smallest absolute Gasteiger partial charge is 0.207 e. The topological polar surface area (TPSA) is 29.1 Å². The van der Waals surface area contributed by atoms with Crippen LogP contribution in [0.1, 0.15) is 47.0 Å². The summed E-state index contributed by atoms with van der Waals surface area (Å²) in [5.74, 6) is 2.20. The number of rotatable bonds is 8. The van der Waals surface area contributed by atoms with Gasteiger partial charge in [0.05, 0.1) is 0 Å². The molecule has 0 aliphatic carbocycles. The van der Waals surface area contributed by atoms with Gasteiger partial charge in [-0.15, -0.1) is 0 Å². The van der Waals surface area contributed by atoms with E-state index in [1.165, 1.54) is 12.8 Å². The van der Waals surface area contributed by atoms with Gasteiger partial charge < -0.3 is 5.32 Å². The lowest BCUT2D eigenvalue weighted by atomic mass is 9.88. The van der Waals surface area contributed by atoms with Crippen LogP contribution in [0.15, 0.2) is 0 Å². The Kier molecular flexibility index (Phi) is 7.54. The second kappa shape index (κ2) is 7.84. The number of amides is 1. The van der Waals surface area contributed by atoms with Crippen LogP contribution in [0, 0.1) is 17.8 Å². The lowest BCUT2D eigenvalue weighted by Gasteiger charge is -2.20. The van der Waals surface area contributed by atoms with Crippen molar-refractivity contribution in [3.05, 3.63) is 0 Å². The molecular weight excluding hydrogens is 174 g/mol. The van der Waals surface area contributed by atoms with Crippen molar-refractivity contribution in [1.29, 1.82) is 0 Å². The molecule has 0 saturated carbocycles. The summed E-state index contributed by atoms with van der Waals surface area (Å²) in [6.45, 7) is 9.87. The normalized spacial score (nSPS) is 15.2. The van der Waals surface area contributed by atoms with E-state index in [1.807, 2.05) is 0 Å². The van der Waals surface area contributed by atoms with Gasteiger partial charge in [-0.25, -0.2) is 0 Å². The SMILES string of the molecule is CCC(CNC=O)CC(C)CC(C)C. The minimum absolute atomic E-state index is 0.647. The monoisotopic (exact) mass is 199 g/mol. The first-order chi connectivity index (χ1) is 6.60. The first kappa shape index (κ1) is 13.5. The number of hydrogen-bond donors (Lipinski definition) is 1. The van der Waals surface area contributed by atoms with Gasteiger partial charge in [0.25, 0.3) is 0 Å². The van der Waals surface area contributed by atoms with E-state index in [-0.39, 0.29) is 0 Å². The van der Waals surface area contributed by atoms with E-state index in [0.717, 1.165) is 31.2 Å². The summed E-state index contributed by atoms with van der Waals surface area (Å²) in [4.78, 5) is 10.2. The predicted molar refractivity (Wildman–Crippen MR) is 61.1 cm³/mol. The molecule has 84 valence electrons. The van der Waals surface area contributed by atoms with Crippen molar-refractivity contribution in [2.75, 3.05) is 6.54 Å². The van der Waals surface area contributed by atoms with Crippen LogP contribution in [-0.4, -0.2) is 13.0 Å². The Morgan fingerprint density at radius 1 is 1.21 bits per heavy atom. The Morgan fingerprint density at radius 2 is 1.86 bits per heavy atom. The first-order valence-electron chi connectivity index (χ1n) is 5.77. The summed E-state index contributed by atoms with van der Waals surface area (Å²) < 4.78 is 0. The molecule has 2 heteroatoms. The highest BCUT2D eigenvalue weighted by Gasteiger charge is 2.12. The zero-order valence-corrected chi connectivity index (χ0v) is 10.0. The fourth-order valence-corrected chi connectivity index (χ4v) is 2.08. The van der Waals surface area contributed by atoms with Crippen LogP contribution < -0.4 is 5.32 Å². The van der Waals surface area contributed by atoms with Gasteiger partial charge in [0, 0.05) is 6.54 Å². The van der Waals surface area contributed by atoms with E-state index >= 15 is 0 Å². The van der Waals surface area contributed by atoms with E-state index in [9.17, 15) is 4.79 Å². The van der Waals surface area contributed by atoms with E-state index < -0.39 is 0 Å². The fourth-order valence-electron chi connectivity index (χ4n) is 2.08. The van der Waals surface area contributed by atoms with Crippen LogP contribution in [0.2, 0.25) is 0 Å². The molecule has 0 spiro atoms. The van der Waals surface area contributed by atoms with E-state index in [2.05, 4.69) is 33.0 Å². The molecule has 0 aromatic carbocycles. The van der Waals surface area contributed by atoms with E-state index in [4.69, 9.17) is 0 Å². The third-order valence-corrected chi connectivity index (χ3v) is 2.68. The highest BCUT2D eigenvalue weighted by molar-refractivity contribution is 5.45. The molecule has 0 aliphatic rings. The van der Waals surface area contributed by atoms with Gasteiger partial charge in [-0.1, -0.05) is 34.1 Å². The largest absolute Gasteiger partial charge is 0.358 e. The maximum absolute atomic E-state index is 10.2. The van der Waals surface area contributed by atoms with Crippen molar-refractivity contribution in [1.82, 2.24) is 5.32 Å². The molecule has 2 nitrogen and oxygen atoms in total. The second-order valence-corrected chi connectivity index (χ2v) is 4.77. The van der Waals surface area contributed by atoms with Gasteiger partial charge in [0.2, 0.25) is 6.41 Å². The van der Waals surface area contributed by atoms with Crippen LogP contribution in [0.3, 0.4) is 0 Å². The molecule has 14 heavy (non-hydrogen) atoms. The maximum Gasteiger partial charge on any atom is 0.207 e. The molecule has 0 bridgehead atoms. The first-order valence-corrected chi connectivity index (χ1v) is 5.77. The molecular formula is C12H25NO. The summed E-state index contributed by atoms with van der Waals surface area (Å²) in [6, 6.07) is 0. The van der Waals surface area contributed by atoms with Crippen molar-refractivity contribution < 1.29 is 4.79 Å². The fraction of sp³-hybridized carbons (Fsp3) is 0.917. The summed E-state index contributed by atoms with van der Waals surface area (Å²) in [5, 5.41) is 2.78. The number of carbonyl (C=O) groups excluding carboxylic acids is 1. The molecule has 0 heterocycles. The van der Waals surface area contributed by atoms with Crippen LogP contribution in [0.25, 0.3) is 0 Å². The van der Waals surface area contributed by atoms with Gasteiger partial charge in [-0.2, -0.15) is 0 Å². The summed E-state index contributed by atoms with van der Waals surface area (Å²) >= 11 is 0. The van der Waals surface area contributed by atoms with Gasteiger partial charge in [0.15, 0.2) is 0 Å². The lowest BCUT2D eigenvalue weighted by Crippen LogP contribution is -2.22. The highest BCUT2D eigenvalue weighted by Crippen LogP contribution is 2.20. The second-order valence-electron chi connectivity index (χ2n) is 4.77. The van der Waals surface area contributed by atoms with Crippen LogP contribution in [0.5, 0.6) is 0 Å². The molecule has 0 saturated heterocycles. The average Bonchev–Trinajstić information content (AvgIpc) is 2.10. The number of hydrogen-bond acceptors (Lipinski definition) is 1. The zero-order chi connectivity index (χ0) is 11.0. The quantitative estimate of drug-likeness (QED) is 0.598. The van der Waals surface area contributed by atoms with Crippen LogP contribution in [0.4, 0.5) is 0 Å². The summed E-state index contributed by atoms with van der Waals surface area (Å²) in [5.41, 5.74) is 0.